The first-order chi connectivity index (χ1) is 7.09. The van der Waals surface area contributed by atoms with E-state index in [0.717, 1.165) is 19.6 Å². The maximum atomic E-state index is 11.4. The molecule has 0 aromatic carbocycles. The van der Waals surface area contributed by atoms with Crippen molar-refractivity contribution in [3.8, 4) is 0 Å². The Balaban J connectivity index is 2.18. The number of carbonyl (C=O) groups is 1. The Kier molecular flexibility index (Phi) is 5.05. The number of nitrogens with one attached hydrogen (secondary N) is 1. The third-order valence-corrected chi connectivity index (χ3v) is 2.61. The molecule has 0 bridgehead atoms. The maximum absolute atomic E-state index is 11.4. The van der Waals surface area contributed by atoms with Gasteiger partial charge in [0.1, 0.15) is 6.61 Å². The molecule has 4 heteroatoms. The minimum Gasteiger partial charge on any atom is -0.381 e. The van der Waals surface area contributed by atoms with E-state index in [1.807, 2.05) is 20.8 Å². The van der Waals surface area contributed by atoms with Crippen LogP contribution in [0.15, 0.2) is 0 Å². The molecule has 2 unspecified atom stereocenters. The lowest BCUT2D eigenvalue weighted by molar-refractivity contribution is -0.128. The van der Waals surface area contributed by atoms with Gasteiger partial charge in [-0.1, -0.05) is 0 Å². The summed E-state index contributed by atoms with van der Waals surface area (Å²) in [6.45, 7) is 7.57. The number of hydrogen-bond acceptors (Lipinski definition) is 3. The minimum absolute atomic E-state index is 0.0388. The molecule has 1 N–H and O–H groups in total. The highest BCUT2D eigenvalue weighted by Gasteiger charge is 2.23. The second-order valence-electron chi connectivity index (χ2n) is 4.34. The second-order valence-corrected chi connectivity index (χ2v) is 4.34. The lowest BCUT2D eigenvalue weighted by Crippen LogP contribution is -2.40. The van der Waals surface area contributed by atoms with Crippen LogP contribution in [0.5, 0.6) is 0 Å². The topological polar surface area (TPSA) is 47.6 Å². The summed E-state index contributed by atoms with van der Waals surface area (Å²) >= 11 is 0. The quantitative estimate of drug-likeness (QED) is 0.743. The third kappa shape index (κ3) is 4.62. The molecule has 0 saturated carbocycles. The molecule has 0 aromatic rings. The Bertz CT molecular complexity index is 200. The zero-order valence-corrected chi connectivity index (χ0v) is 9.79. The Morgan fingerprint density at radius 3 is 2.80 bits per heavy atom. The number of amides is 1. The summed E-state index contributed by atoms with van der Waals surface area (Å²) in [4.78, 5) is 11.4. The third-order valence-electron chi connectivity index (χ3n) is 2.61. The first-order valence-electron chi connectivity index (χ1n) is 5.58. The summed E-state index contributed by atoms with van der Waals surface area (Å²) in [5.41, 5.74) is 0. The first-order valence-corrected chi connectivity index (χ1v) is 5.58. The maximum Gasteiger partial charge on any atom is 0.246 e. The Labute approximate surface area is 91.3 Å². The number of carbonyl (C=O) groups excluding carboxylic acids is 1. The molecule has 2 atom stereocenters. The monoisotopic (exact) mass is 215 g/mol. The van der Waals surface area contributed by atoms with Crippen LogP contribution < -0.4 is 5.32 Å². The van der Waals surface area contributed by atoms with E-state index in [-0.39, 0.29) is 24.7 Å². The zero-order chi connectivity index (χ0) is 11.3. The van der Waals surface area contributed by atoms with Crippen molar-refractivity contribution in [2.75, 3.05) is 19.8 Å². The summed E-state index contributed by atoms with van der Waals surface area (Å²) in [5, 5.41) is 2.93. The molecule has 1 rings (SSSR count). The first kappa shape index (κ1) is 12.5. The van der Waals surface area contributed by atoms with E-state index in [4.69, 9.17) is 9.47 Å². The summed E-state index contributed by atoms with van der Waals surface area (Å²) in [5.74, 6) is 0.413. The summed E-state index contributed by atoms with van der Waals surface area (Å²) in [6.07, 6.45) is 1.13. The molecule has 15 heavy (non-hydrogen) atoms. The van der Waals surface area contributed by atoms with E-state index < -0.39 is 0 Å². The fourth-order valence-corrected chi connectivity index (χ4v) is 1.60. The van der Waals surface area contributed by atoms with E-state index in [0.29, 0.717) is 5.92 Å². The minimum atomic E-state index is -0.0388. The van der Waals surface area contributed by atoms with E-state index >= 15 is 0 Å². The standard InChI is InChI=1S/C11H21NO3/c1-8(2)15-7-11(13)12-9(3)10-4-5-14-6-10/h8-10H,4-7H2,1-3H3,(H,12,13). The molecule has 1 aliphatic rings. The Hall–Kier alpha value is -0.610. The van der Waals surface area contributed by atoms with Gasteiger partial charge in [-0.25, -0.2) is 0 Å². The van der Waals surface area contributed by atoms with E-state index in [1.54, 1.807) is 0 Å². The van der Waals surface area contributed by atoms with Gasteiger partial charge < -0.3 is 14.8 Å². The van der Waals surface area contributed by atoms with Crippen molar-refractivity contribution in [2.24, 2.45) is 5.92 Å². The average Bonchev–Trinajstić information content (AvgIpc) is 2.67. The number of ether oxygens (including phenoxy) is 2. The molecule has 0 aliphatic carbocycles. The van der Waals surface area contributed by atoms with Crippen molar-refractivity contribution in [1.82, 2.24) is 5.32 Å². The van der Waals surface area contributed by atoms with Crippen LogP contribution in [-0.2, 0) is 14.3 Å². The van der Waals surface area contributed by atoms with Gasteiger partial charge in [0.2, 0.25) is 5.91 Å². The van der Waals surface area contributed by atoms with Crippen LogP contribution >= 0.6 is 0 Å². The predicted molar refractivity (Wildman–Crippen MR) is 57.6 cm³/mol. The molecular weight excluding hydrogens is 194 g/mol. The SMILES string of the molecule is CC(C)OCC(=O)NC(C)C1CCOC1. The van der Waals surface area contributed by atoms with Gasteiger partial charge in [0.15, 0.2) is 0 Å². The van der Waals surface area contributed by atoms with Crippen molar-refractivity contribution < 1.29 is 14.3 Å². The van der Waals surface area contributed by atoms with Gasteiger partial charge in [-0.3, -0.25) is 4.79 Å². The summed E-state index contributed by atoms with van der Waals surface area (Å²) in [7, 11) is 0. The summed E-state index contributed by atoms with van der Waals surface area (Å²) in [6, 6.07) is 0.177. The zero-order valence-electron chi connectivity index (χ0n) is 9.79. The molecular formula is C11H21NO3. The van der Waals surface area contributed by atoms with Crippen LogP contribution in [-0.4, -0.2) is 37.9 Å². The molecule has 0 aromatic heterocycles. The van der Waals surface area contributed by atoms with Crippen molar-refractivity contribution in [3.05, 3.63) is 0 Å². The van der Waals surface area contributed by atoms with Gasteiger partial charge in [-0.2, -0.15) is 0 Å². The van der Waals surface area contributed by atoms with Gasteiger partial charge in [-0.05, 0) is 27.2 Å². The second kappa shape index (κ2) is 6.08. The van der Waals surface area contributed by atoms with Gasteiger partial charge >= 0.3 is 0 Å². The van der Waals surface area contributed by atoms with Crippen molar-refractivity contribution >= 4 is 5.91 Å². The predicted octanol–water partition coefficient (Wildman–Crippen LogP) is 0.953. The number of rotatable bonds is 5. The van der Waals surface area contributed by atoms with Crippen LogP contribution in [0, 0.1) is 5.92 Å². The molecule has 1 heterocycles. The van der Waals surface area contributed by atoms with Crippen molar-refractivity contribution in [3.63, 3.8) is 0 Å². The van der Waals surface area contributed by atoms with Gasteiger partial charge in [0.25, 0.3) is 0 Å². The smallest absolute Gasteiger partial charge is 0.246 e. The fraction of sp³-hybridized carbons (Fsp3) is 0.909. The molecule has 1 fully saturated rings. The Morgan fingerprint density at radius 1 is 1.53 bits per heavy atom. The van der Waals surface area contributed by atoms with E-state index in [9.17, 15) is 4.79 Å². The lowest BCUT2D eigenvalue weighted by Gasteiger charge is -2.19. The molecule has 88 valence electrons. The van der Waals surface area contributed by atoms with Crippen LogP contribution in [0.1, 0.15) is 27.2 Å². The molecule has 0 radical (unpaired) electrons. The number of hydrogen-bond donors (Lipinski definition) is 1. The molecule has 4 nitrogen and oxygen atoms in total. The highest BCUT2D eigenvalue weighted by atomic mass is 16.5. The molecule has 1 aliphatic heterocycles. The van der Waals surface area contributed by atoms with Crippen LogP contribution in [0.25, 0.3) is 0 Å². The summed E-state index contributed by atoms with van der Waals surface area (Å²) < 4.78 is 10.5. The lowest BCUT2D eigenvalue weighted by atomic mass is 10.0. The highest BCUT2D eigenvalue weighted by molar-refractivity contribution is 5.77. The molecule has 1 amide bonds. The van der Waals surface area contributed by atoms with Crippen LogP contribution in [0.2, 0.25) is 0 Å². The molecule has 1 saturated heterocycles. The highest BCUT2D eigenvalue weighted by Crippen LogP contribution is 2.16. The van der Waals surface area contributed by atoms with Crippen molar-refractivity contribution in [2.45, 2.75) is 39.3 Å². The largest absolute Gasteiger partial charge is 0.381 e. The Morgan fingerprint density at radius 2 is 2.27 bits per heavy atom. The van der Waals surface area contributed by atoms with E-state index in [2.05, 4.69) is 5.32 Å². The fourth-order valence-electron chi connectivity index (χ4n) is 1.60. The van der Waals surface area contributed by atoms with Gasteiger partial charge in [0, 0.05) is 18.6 Å². The van der Waals surface area contributed by atoms with Gasteiger partial charge in [0.05, 0.1) is 12.7 Å². The average molecular weight is 215 g/mol. The van der Waals surface area contributed by atoms with Crippen molar-refractivity contribution in [1.29, 1.82) is 0 Å². The normalized spacial score (nSPS) is 23.1. The molecule has 0 spiro atoms. The van der Waals surface area contributed by atoms with Gasteiger partial charge in [-0.15, -0.1) is 0 Å². The van der Waals surface area contributed by atoms with Crippen LogP contribution in [0.3, 0.4) is 0 Å². The van der Waals surface area contributed by atoms with E-state index in [1.165, 1.54) is 0 Å². The van der Waals surface area contributed by atoms with Crippen LogP contribution in [0.4, 0.5) is 0 Å².